The smallest absolute Gasteiger partial charge is 0.324 e. The van der Waals surface area contributed by atoms with Crippen LogP contribution >= 0.6 is 15.2 Å². The molecule has 0 aliphatic carbocycles. The summed E-state index contributed by atoms with van der Waals surface area (Å²) in [5.41, 5.74) is 0. The van der Waals surface area contributed by atoms with Crippen molar-refractivity contribution in [3.63, 3.8) is 0 Å². The normalized spacial score (nSPS) is 14.2. The van der Waals surface area contributed by atoms with Gasteiger partial charge in [-0.25, -0.2) is 0 Å². The van der Waals surface area contributed by atoms with Gasteiger partial charge in [0.2, 0.25) is 0 Å². The largest absolute Gasteiger partial charge is 0.340 e. The van der Waals surface area contributed by atoms with Gasteiger partial charge in [0.05, 0.1) is 0 Å². The zero-order valence-corrected chi connectivity index (χ0v) is 9.15. The second-order valence-electron chi connectivity index (χ2n) is 3.29. The van der Waals surface area contributed by atoms with E-state index in [-0.39, 0.29) is 12.3 Å². The second-order valence-corrected chi connectivity index (χ2v) is 7.30. The third-order valence-electron chi connectivity index (χ3n) is 1.46. The first kappa shape index (κ1) is 13.3. The summed E-state index contributed by atoms with van der Waals surface area (Å²) in [4.78, 5) is 34.7. The van der Waals surface area contributed by atoms with Gasteiger partial charge in [-0.1, -0.05) is 13.8 Å². The van der Waals surface area contributed by atoms with Gasteiger partial charge in [0, 0.05) is 0 Å². The van der Waals surface area contributed by atoms with Crippen molar-refractivity contribution in [2.24, 2.45) is 5.92 Å². The molecule has 4 N–H and O–H groups in total. The van der Waals surface area contributed by atoms with E-state index >= 15 is 0 Å². The van der Waals surface area contributed by atoms with Crippen LogP contribution in [0.3, 0.4) is 0 Å². The Morgan fingerprint density at radius 2 is 1.31 bits per heavy atom. The molecule has 0 fully saturated rings. The van der Waals surface area contributed by atoms with Gasteiger partial charge < -0.3 is 19.6 Å². The van der Waals surface area contributed by atoms with Crippen LogP contribution in [0.1, 0.15) is 20.3 Å². The second kappa shape index (κ2) is 4.22. The summed E-state index contributed by atoms with van der Waals surface area (Å²) < 4.78 is 21.4. The Morgan fingerprint density at radius 1 is 1.00 bits per heavy atom. The summed E-state index contributed by atoms with van der Waals surface area (Å²) in [7, 11) is -9.43. The molecule has 0 aromatic carbocycles. The van der Waals surface area contributed by atoms with Crippen LogP contribution in [-0.4, -0.2) is 25.0 Å². The van der Waals surface area contributed by atoms with E-state index in [2.05, 4.69) is 0 Å². The predicted octanol–water partition coefficient (Wildman–Crippen LogP) is 0.714. The fraction of sp³-hybridized carbons (Fsp3) is 1.00. The van der Waals surface area contributed by atoms with Crippen LogP contribution in [0.4, 0.5) is 0 Å². The first-order chi connectivity index (χ1) is 5.55. The summed E-state index contributed by atoms with van der Waals surface area (Å²) in [6.45, 7) is 3.27. The van der Waals surface area contributed by atoms with Gasteiger partial charge >= 0.3 is 15.2 Å². The quantitative estimate of drug-likeness (QED) is 0.530. The lowest BCUT2D eigenvalue weighted by atomic mass is 10.2. The third-order valence-corrected chi connectivity index (χ3v) is 5.24. The van der Waals surface area contributed by atoms with Crippen molar-refractivity contribution in [3.8, 4) is 0 Å². The summed E-state index contributed by atoms with van der Waals surface area (Å²) in [5.74, 6) is -0.176. The van der Waals surface area contributed by atoms with E-state index in [9.17, 15) is 9.13 Å². The van der Waals surface area contributed by atoms with Gasteiger partial charge in [-0.05, 0) is 12.3 Å². The van der Waals surface area contributed by atoms with E-state index in [0.29, 0.717) is 0 Å². The highest BCUT2D eigenvalue weighted by Crippen LogP contribution is 2.61. The van der Waals surface area contributed by atoms with Gasteiger partial charge in [-0.15, -0.1) is 0 Å². The molecule has 0 amide bonds. The Labute approximate surface area is 76.3 Å². The molecule has 13 heavy (non-hydrogen) atoms. The van der Waals surface area contributed by atoms with E-state index in [1.807, 2.05) is 0 Å². The summed E-state index contributed by atoms with van der Waals surface area (Å²) in [6, 6.07) is 0. The van der Waals surface area contributed by atoms with Crippen molar-refractivity contribution in [1.29, 1.82) is 0 Å². The van der Waals surface area contributed by atoms with Crippen LogP contribution in [0.5, 0.6) is 0 Å². The first-order valence-corrected chi connectivity index (χ1v) is 7.02. The van der Waals surface area contributed by atoms with Crippen LogP contribution in [0.25, 0.3) is 0 Å². The van der Waals surface area contributed by atoms with Crippen LogP contribution in [0, 0.1) is 5.92 Å². The molecule has 0 saturated carbocycles. The molecule has 0 bridgehead atoms. The fourth-order valence-corrected chi connectivity index (χ4v) is 3.85. The minimum Gasteiger partial charge on any atom is -0.324 e. The zero-order chi connectivity index (χ0) is 10.9. The van der Waals surface area contributed by atoms with Crippen LogP contribution in [0.15, 0.2) is 0 Å². The average Bonchev–Trinajstić information content (AvgIpc) is 1.77. The van der Waals surface area contributed by atoms with Gasteiger partial charge in [0.1, 0.15) is 0 Å². The molecule has 0 rings (SSSR count). The molecular weight excluding hydrogens is 218 g/mol. The number of hydrogen-bond donors (Lipinski definition) is 4. The molecule has 0 aliphatic rings. The first-order valence-electron chi connectivity index (χ1n) is 3.65. The van der Waals surface area contributed by atoms with Crippen molar-refractivity contribution in [2.45, 2.75) is 25.7 Å². The van der Waals surface area contributed by atoms with Gasteiger partial charge in [0.15, 0.2) is 5.40 Å². The van der Waals surface area contributed by atoms with Gasteiger partial charge in [0.25, 0.3) is 0 Å². The van der Waals surface area contributed by atoms with Crippen molar-refractivity contribution < 1.29 is 28.7 Å². The summed E-state index contributed by atoms with van der Waals surface area (Å²) in [6.07, 6.45) is -0.186. The minimum absolute atomic E-state index is 0.176. The molecule has 0 radical (unpaired) electrons. The average molecular weight is 232 g/mol. The molecule has 0 saturated heterocycles. The Hall–Kier alpha value is 0.300. The monoisotopic (exact) mass is 232 g/mol. The Kier molecular flexibility index (Phi) is 4.31. The Morgan fingerprint density at radius 3 is 1.38 bits per heavy atom. The predicted molar refractivity (Wildman–Crippen MR) is 47.3 cm³/mol. The Balaban J connectivity index is 4.80. The van der Waals surface area contributed by atoms with E-state index in [0.717, 1.165) is 0 Å². The highest BCUT2D eigenvalue weighted by atomic mass is 31.2. The highest BCUT2D eigenvalue weighted by molar-refractivity contribution is 7.70. The summed E-state index contributed by atoms with van der Waals surface area (Å²) in [5, 5.41) is -1.86. The van der Waals surface area contributed by atoms with Crippen LogP contribution in [0.2, 0.25) is 0 Å². The molecule has 0 atom stereocenters. The maximum absolute atomic E-state index is 10.7. The maximum Gasteiger partial charge on any atom is 0.340 e. The molecule has 0 aliphatic heterocycles. The van der Waals surface area contributed by atoms with E-state index in [1.165, 1.54) is 0 Å². The Bertz CT molecular complexity index is 228. The van der Waals surface area contributed by atoms with Crippen molar-refractivity contribution in [3.05, 3.63) is 0 Å². The summed E-state index contributed by atoms with van der Waals surface area (Å²) >= 11 is 0. The van der Waals surface area contributed by atoms with Crippen molar-refractivity contribution >= 4 is 15.2 Å². The molecule has 8 heteroatoms. The zero-order valence-electron chi connectivity index (χ0n) is 7.36. The van der Waals surface area contributed by atoms with Crippen LogP contribution < -0.4 is 0 Å². The molecular formula is C5H14O6P2. The van der Waals surface area contributed by atoms with E-state index in [1.54, 1.807) is 13.8 Å². The minimum atomic E-state index is -4.71. The molecule has 0 unspecified atom stereocenters. The van der Waals surface area contributed by atoms with Crippen molar-refractivity contribution in [2.75, 3.05) is 0 Å². The van der Waals surface area contributed by atoms with Gasteiger partial charge in [-0.3, -0.25) is 9.13 Å². The lowest BCUT2D eigenvalue weighted by molar-refractivity contribution is 0.329. The molecule has 0 aromatic rings. The topological polar surface area (TPSA) is 115 Å². The highest BCUT2D eigenvalue weighted by Gasteiger charge is 2.43. The van der Waals surface area contributed by atoms with Gasteiger partial charge in [-0.2, -0.15) is 0 Å². The SMILES string of the molecule is CC(C)CC(P(=O)(O)O)P(=O)(O)O. The van der Waals surface area contributed by atoms with E-state index in [4.69, 9.17) is 19.6 Å². The van der Waals surface area contributed by atoms with E-state index < -0.39 is 20.6 Å². The van der Waals surface area contributed by atoms with Crippen LogP contribution in [-0.2, 0) is 9.13 Å². The standard InChI is InChI=1S/C5H14O6P2/c1-4(2)3-5(12(6,7)8)13(9,10)11/h4-5H,3H2,1-2H3,(H2,6,7,8)(H2,9,10,11). The molecule has 6 nitrogen and oxygen atoms in total. The van der Waals surface area contributed by atoms with Crippen molar-refractivity contribution in [1.82, 2.24) is 0 Å². The number of rotatable bonds is 4. The lowest BCUT2D eigenvalue weighted by Gasteiger charge is -2.20. The molecule has 0 heterocycles. The molecule has 80 valence electrons. The molecule has 0 aromatic heterocycles. The number of hydrogen-bond acceptors (Lipinski definition) is 2. The maximum atomic E-state index is 10.7. The lowest BCUT2D eigenvalue weighted by Crippen LogP contribution is -2.12. The fourth-order valence-electron chi connectivity index (χ4n) is 0.892. The molecule has 0 spiro atoms. The third kappa shape index (κ3) is 4.91.